The van der Waals surface area contributed by atoms with Gasteiger partial charge in [-0.25, -0.2) is 4.79 Å². The Hall–Kier alpha value is -1.79. The number of thioether (sulfide) groups is 1. The van der Waals surface area contributed by atoms with Gasteiger partial charge in [-0.1, -0.05) is 30.5 Å². The molecule has 1 amide bonds. The minimum absolute atomic E-state index is 0.0478. The first-order valence-corrected chi connectivity index (χ1v) is 10.1. The van der Waals surface area contributed by atoms with Crippen molar-refractivity contribution >= 4 is 23.6 Å². The molecule has 1 aromatic carbocycles. The molecule has 26 heavy (non-hydrogen) atoms. The maximum absolute atomic E-state index is 13.4. The zero-order valence-corrected chi connectivity index (χ0v) is 15.8. The number of aryl methyl sites for hydroxylation is 1. The van der Waals surface area contributed by atoms with Gasteiger partial charge in [0, 0.05) is 28.3 Å². The van der Waals surface area contributed by atoms with Crippen LogP contribution in [0.1, 0.15) is 43.7 Å². The number of carbonyl (C=O) groups is 2. The van der Waals surface area contributed by atoms with Crippen molar-refractivity contribution in [3.05, 3.63) is 41.1 Å². The van der Waals surface area contributed by atoms with Crippen LogP contribution in [0.3, 0.4) is 0 Å². The third kappa shape index (κ3) is 2.50. The van der Waals surface area contributed by atoms with Crippen molar-refractivity contribution in [2.24, 2.45) is 0 Å². The average Bonchev–Trinajstić information content (AvgIpc) is 3.26. The van der Waals surface area contributed by atoms with Gasteiger partial charge < -0.3 is 14.7 Å². The normalized spacial score (nSPS) is 29.3. The Morgan fingerprint density at radius 1 is 1.42 bits per heavy atom. The van der Waals surface area contributed by atoms with E-state index in [9.17, 15) is 14.7 Å². The largest absolute Gasteiger partial charge is 0.463 e. The highest BCUT2D eigenvalue weighted by molar-refractivity contribution is 8.00. The highest BCUT2D eigenvalue weighted by Gasteiger charge is 2.63. The number of esters is 1. The molecule has 0 radical (unpaired) electrons. The van der Waals surface area contributed by atoms with Crippen molar-refractivity contribution in [3.8, 4) is 0 Å². The summed E-state index contributed by atoms with van der Waals surface area (Å²) in [5.41, 5.74) is 0.642. The molecule has 5 nitrogen and oxygen atoms in total. The molecule has 1 aliphatic carbocycles. The maximum atomic E-state index is 13.4. The first-order chi connectivity index (χ1) is 12.5. The number of carbonyl (C=O) groups excluding carboxylic acids is 2. The summed E-state index contributed by atoms with van der Waals surface area (Å²) in [4.78, 5) is 28.1. The number of aliphatic hydroxyl groups is 1. The van der Waals surface area contributed by atoms with Gasteiger partial charge in [0.1, 0.15) is 0 Å². The van der Waals surface area contributed by atoms with Crippen LogP contribution in [0.15, 0.2) is 34.9 Å². The first-order valence-electron chi connectivity index (χ1n) is 9.19. The number of benzene rings is 1. The summed E-state index contributed by atoms with van der Waals surface area (Å²) < 4.78 is 5.08. The fraction of sp³-hybridized carbons (Fsp3) is 0.500. The second-order valence-electron chi connectivity index (χ2n) is 7.20. The van der Waals surface area contributed by atoms with Crippen LogP contribution in [0.2, 0.25) is 0 Å². The van der Waals surface area contributed by atoms with Crippen molar-refractivity contribution < 1.29 is 19.4 Å². The predicted octanol–water partition coefficient (Wildman–Crippen LogP) is 2.89. The average molecular weight is 373 g/mol. The number of amides is 1. The van der Waals surface area contributed by atoms with Crippen LogP contribution in [-0.2, 0) is 19.9 Å². The molecule has 1 saturated heterocycles. The molecule has 2 aliphatic heterocycles. The molecule has 2 fully saturated rings. The Balaban J connectivity index is 1.82. The highest BCUT2D eigenvalue weighted by Crippen LogP contribution is 2.57. The summed E-state index contributed by atoms with van der Waals surface area (Å²) >= 11 is 1.46. The zero-order chi connectivity index (χ0) is 18.5. The maximum Gasteiger partial charge on any atom is 0.332 e. The van der Waals surface area contributed by atoms with Gasteiger partial charge >= 0.3 is 5.97 Å². The molecule has 0 spiro atoms. The van der Waals surface area contributed by atoms with Crippen molar-refractivity contribution in [1.82, 2.24) is 4.90 Å². The molecule has 1 N–H and O–H groups in total. The Morgan fingerprint density at radius 2 is 2.15 bits per heavy atom. The standard InChI is InChI=1S/C20H23NO4S/c1-3-25-17(22)11-15-18-20(24,14-10-12(2)8-9-16(14)26-18)19(23)21(15)13-6-4-5-7-13/h8-11,13,18,24H,3-7H2,1-2H3/b15-11+/t18-,20+/m1/s1. The Morgan fingerprint density at radius 3 is 2.85 bits per heavy atom. The van der Waals surface area contributed by atoms with E-state index in [1.165, 1.54) is 17.8 Å². The van der Waals surface area contributed by atoms with Gasteiger partial charge in [0.15, 0.2) is 5.60 Å². The number of hydrogen-bond donors (Lipinski definition) is 1. The van der Waals surface area contributed by atoms with Gasteiger partial charge in [0.25, 0.3) is 5.91 Å². The van der Waals surface area contributed by atoms with Crippen molar-refractivity contribution in [3.63, 3.8) is 0 Å². The third-order valence-corrected chi connectivity index (χ3v) is 6.93. The van der Waals surface area contributed by atoms with E-state index in [4.69, 9.17) is 4.74 Å². The molecular weight excluding hydrogens is 350 g/mol. The molecule has 1 saturated carbocycles. The van der Waals surface area contributed by atoms with Gasteiger partial charge in [0.2, 0.25) is 0 Å². The van der Waals surface area contributed by atoms with Crippen LogP contribution >= 0.6 is 11.8 Å². The summed E-state index contributed by atoms with van der Waals surface area (Å²) in [5.74, 6) is -0.767. The summed E-state index contributed by atoms with van der Waals surface area (Å²) in [6.45, 7) is 3.98. The second kappa shape index (κ2) is 6.43. The molecule has 6 heteroatoms. The molecule has 0 aromatic heterocycles. The van der Waals surface area contributed by atoms with Gasteiger partial charge in [-0.15, -0.1) is 11.8 Å². The molecule has 0 bridgehead atoms. The van der Waals surface area contributed by atoms with Crippen LogP contribution in [0.5, 0.6) is 0 Å². The number of rotatable bonds is 3. The lowest BCUT2D eigenvalue weighted by Gasteiger charge is -2.27. The number of hydrogen-bond acceptors (Lipinski definition) is 5. The van der Waals surface area contributed by atoms with E-state index in [0.29, 0.717) is 11.3 Å². The molecule has 0 unspecified atom stereocenters. The van der Waals surface area contributed by atoms with E-state index in [2.05, 4.69) is 0 Å². The van der Waals surface area contributed by atoms with Gasteiger partial charge in [-0.05, 0) is 32.8 Å². The van der Waals surface area contributed by atoms with E-state index in [1.54, 1.807) is 11.8 Å². The number of likely N-dealkylation sites (tertiary alicyclic amines) is 1. The lowest BCUT2D eigenvalue weighted by Crippen LogP contribution is -2.42. The lowest BCUT2D eigenvalue weighted by atomic mass is 9.90. The van der Waals surface area contributed by atoms with Crippen LogP contribution in [0.4, 0.5) is 0 Å². The fourth-order valence-electron chi connectivity index (χ4n) is 4.32. The summed E-state index contributed by atoms with van der Waals surface area (Å²) in [6, 6.07) is 5.86. The summed E-state index contributed by atoms with van der Waals surface area (Å²) in [6.07, 6.45) is 5.34. The molecule has 1 aromatic rings. The van der Waals surface area contributed by atoms with Crippen LogP contribution in [0.25, 0.3) is 0 Å². The monoisotopic (exact) mass is 373 g/mol. The smallest absolute Gasteiger partial charge is 0.332 e. The molecule has 4 rings (SSSR count). The summed E-state index contributed by atoms with van der Waals surface area (Å²) in [5, 5.41) is 11.0. The Bertz CT molecular complexity index is 799. The molecule has 138 valence electrons. The van der Waals surface area contributed by atoms with Gasteiger partial charge in [-0.3, -0.25) is 4.79 Å². The molecule has 3 aliphatic rings. The van der Waals surface area contributed by atoms with Crippen LogP contribution in [-0.4, -0.2) is 39.8 Å². The zero-order valence-electron chi connectivity index (χ0n) is 15.0. The molecular formula is C20H23NO4S. The fourth-order valence-corrected chi connectivity index (χ4v) is 5.76. The highest BCUT2D eigenvalue weighted by atomic mass is 32.2. The SMILES string of the molecule is CCOC(=O)/C=C1\[C@H]2Sc3ccc(C)cc3[C@@]2(O)C(=O)N1C1CCCC1. The minimum Gasteiger partial charge on any atom is -0.463 e. The van der Waals surface area contributed by atoms with Crippen LogP contribution in [0, 0.1) is 6.92 Å². The Kier molecular flexibility index (Phi) is 4.35. The summed E-state index contributed by atoms with van der Waals surface area (Å²) in [7, 11) is 0. The second-order valence-corrected chi connectivity index (χ2v) is 8.35. The van der Waals surface area contributed by atoms with Gasteiger partial charge in [-0.2, -0.15) is 0 Å². The predicted molar refractivity (Wildman–Crippen MR) is 98.5 cm³/mol. The Labute approximate surface area is 157 Å². The molecule has 2 atom stereocenters. The molecule has 2 heterocycles. The van der Waals surface area contributed by atoms with Crippen molar-refractivity contribution in [1.29, 1.82) is 0 Å². The van der Waals surface area contributed by atoms with E-state index >= 15 is 0 Å². The first kappa shape index (κ1) is 17.6. The van der Waals surface area contributed by atoms with Gasteiger partial charge in [0.05, 0.1) is 11.9 Å². The lowest BCUT2D eigenvalue weighted by molar-refractivity contribution is -0.144. The van der Waals surface area contributed by atoms with E-state index in [1.807, 2.05) is 25.1 Å². The number of ether oxygens (including phenoxy) is 1. The van der Waals surface area contributed by atoms with E-state index < -0.39 is 16.8 Å². The number of fused-ring (bicyclic) bond motifs is 3. The van der Waals surface area contributed by atoms with E-state index in [-0.39, 0.29) is 18.6 Å². The topological polar surface area (TPSA) is 66.8 Å². The van der Waals surface area contributed by atoms with Crippen molar-refractivity contribution in [2.75, 3.05) is 6.61 Å². The van der Waals surface area contributed by atoms with E-state index in [0.717, 1.165) is 36.1 Å². The third-order valence-electron chi connectivity index (χ3n) is 5.50. The minimum atomic E-state index is -1.60. The van der Waals surface area contributed by atoms with Crippen molar-refractivity contribution in [2.45, 2.75) is 61.3 Å². The number of nitrogens with zero attached hydrogens (tertiary/aromatic N) is 1. The van der Waals surface area contributed by atoms with Crippen LogP contribution < -0.4 is 0 Å². The quantitative estimate of drug-likeness (QED) is 0.652.